The predicted molar refractivity (Wildman–Crippen MR) is 73.4 cm³/mol. The van der Waals surface area contributed by atoms with Gasteiger partial charge in [-0.2, -0.15) is 11.8 Å². The SMILES string of the molecule is O=C(NC1CCCCCCC1)C1CSCCN1. The fourth-order valence-electron chi connectivity index (χ4n) is 2.64. The molecular formula is C13H24N2OS. The van der Waals surface area contributed by atoms with Gasteiger partial charge in [0.25, 0.3) is 0 Å². The number of rotatable bonds is 2. The highest BCUT2D eigenvalue weighted by Gasteiger charge is 2.23. The van der Waals surface area contributed by atoms with Crippen LogP contribution in [0.2, 0.25) is 0 Å². The zero-order valence-corrected chi connectivity index (χ0v) is 11.4. The van der Waals surface area contributed by atoms with Gasteiger partial charge in [0.05, 0.1) is 6.04 Å². The Hall–Kier alpha value is -0.220. The zero-order chi connectivity index (χ0) is 11.9. The molecule has 0 bridgehead atoms. The second kappa shape index (κ2) is 7.27. The molecule has 1 amide bonds. The molecule has 98 valence electrons. The van der Waals surface area contributed by atoms with E-state index in [2.05, 4.69) is 10.6 Å². The minimum absolute atomic E-state index is 0.0409. The smallest absolute Gasteiger partial charge is 0.238 e. The van der Waals surface area contributed by atoms with E-state index in [0.29, 0.717) is 6.04 Å². The molecule has 2 aliphatic rings. The Morgan fingerprint density at radius 2 is 1.82 bits per heavy atom. The number of carbonyl (C=O) groups excluding carboxylic acids is 1. The van der Waals surface area contributed by atoms with E-state index in [-0.39, 0.29) is 11.9 Å². The van der Waals surface area contributed by atoms with Crippen molar-refractivity contribution in [3.8, 4) is 0 Å². The number of nitrogens with one attached hydrogen (secondary N) is 2. The van der Waals surface area contributed by atoms with E-state index in [1.54, 1.807) is 0 Å². The van der Waals surface area contributed by atoms with E-state index < -0.39 is 0 Å². The minimum atomic E-state index is 0.0409. The van der Waals surface area contributed by atoms with Crippen LogP contribution in [0.25, 0.3) is 0 Å². The van der Waals surface area contributed by atoms with Gasteiger partial charge in [-0.1, -0.05) is 32.1 Å². The summed E-state index contributed by atoms with van der Waals surface area (Å²) in [6.07, 6.45) is 8.95. The molecule has 0 aromatic rings. The average molecular weight is 256 g/mol. The first-order chi connectivity index (χ1) is 8.36. The molecule has 0 aromatic heterocycles. The molecule has 1 saturated heterocycles. The highest BCUT2D eigenvalue weighted by Crippen LogP contribution is 2.17. The largest absolute Gasteiger partial charge is 0.352 e. The molecule has 1 saturated carbocycles. The molecule has 0 radical (unpaired) electrons. The number of hydrogen-bond donors (Lipinski definition) is 2. The summed E-state index contributed by atoms with van der Waals surface area (Å²) in [6, 6.07) is 0.468. The van der Waals surface area contributed by atoms with Crippen LogP contribution in [0, 0.1) is 0 Å². The van der Waals surface area contributed by atoms with Crippen LogP contribution in [-0.2, 0) is 4.79 Å². The Morgan fingerprint density at radius 1 is 1.12 bits per heavy atom. The molecule has 17 heavy (non-hydrogen) atoms. The summed E-state index contributed by atoms with van der Waals surface area (Å²) < 4.78 is 0. The fraction of sp³-hybridized carbons (Fsp3) is 0.923. The van der Waals surface area contributed by atoms with Gasteiger partial charge in [-0.05, 0) is 12.8 Å². The molecule has 1 heterocycles. The second-order valence-corrected chi connectivity index (χ2v) is 6.28. The summed E-state index contributed by atoms with van der Waals surface area (Å²) in [7, 11) is 0. The first-order valence-corrected chi connectivity index (χ1v) is 8.13. The van der Waals surface area contributed by atoms with Crippen molar-refractivity contribution in [1.82, 2.24) is 10.6 Å². The van der Waals surface area contributed by atoms with E-state index in [0.717, 1.165) is 18.1 Å². The van der Waals surface area contributed by atoms with Gasteiger partial charge in [0.2, 0.25) is 5.91 Å². The van der Waals surface area contributed by atoms with Gasteiger partial charge < -0.3 is 10.6 Å². The number of amides is 1. The highest BCUT2D eigenvalue weighted by molar-refractivity contribution is 7.99. The lowest BCUT2D eigenvalue weighted by atomic mass is 9.96. The maximum absolute atomic E-state index is 12.1. The first-order valence-electron chi connectivity index (χ1n) is 6.98. The van der Waals surface area contributed by atoms with Crippen LogP contribution in [-0.4, -0.2) is 36.0 Å². The fourth-order valence-corrected chi connectivity index (χ4v) is 3.57. The van der Waals surface area contributed by atoms with Crippen molar-refractivity contribution in [1.29, 1.82) is 0 Å². The second-order valence-electron chi connectivity index (χ2n) is 5.13. The molecule has 1 aliphatic heterocycles. The third kappa shape index (κ3) is 4.51. The lowest BCUT2D eigenvalue weighted by Crippen LogP contribution is -2.51. The number of thioether (sulfide) groups is 1. The predicted octanol–water partition coefficient (Wildman–Crippen LogP) is 1.92. The topological polar surface area (TPSA) is 41.1 Å². The van der Waals surface area contributed by atoms with E-state index >= 15 is 0 Å². The zero-order valence-electron chi connectivity index (χ0n) is 10.5. The summed E-state index contributed by atoms with van der Waals surface area (Å²) in [6.45, 7) is 0.966. The van der Waals surface area contributed by atoms with Crippen LogP contribution in [0.3, 0.4) is 0 Å². The van der Waals surface area contributed by atoms with Crippen molar-refractivity contribution in [3.05, 3.63) is 0 Å². The summed E-state index contributed by atoms with van der Waals surface area (Å²) in [5.74, 6) is 2.29. The number of carbonyl (C=O) groups is 1. The van der Waals surface area contributed by atoms with Crippen LogP contribution in [0.5, 0.6) is 0 Å². The van der Waals surface area contributed by atoms with Crippen molar-refractivity contribution in [2.45, 2.75) is 57.0 Å². The van der Waals surface area contributed by atoms with Crippen molar-refractivity contribution < 1.29 is 4.79 Å². The monoisotopic (exact) mass is 256 g/mol. The number of hydrogen-bond acceptors (Lipinski definition) is 3. The van der Waals surface area contributed by atoms with Gasteiger partial charge in [0.1, 0.15) is 0 Å². The van der Waals surface area contributed by atoms with E-state index in [4.69, 9.17) is 0 Å². The molecular weight excluding hydrogens is 232 g/mol. The van der Waals surface area contributed by atoms with Gasteiger partial charge in [-0.15, -0.1) is 0 Å². The third-order valence-electron chi connectivity index (χ3n) is 3.69. The van der Waals surface area contributed by atoms with Crippen LogP contribution < -0.4 is 10.6 Å². The molecule has 0 spiro atoms. The van der Waals surface area contributed by atoms with Crippen molar-refractivity contribution in [2.24, 2.45) is 0 Å². The Kier molecular flexibility index (Phi) is 5.65. The quantitative estimate of drug-likeness (QED) is 0.793. The van der Waals surface area contributed by atoms with E-state index in [9.17, 15) is 4.79 Å². The minimum Gasteiger partial charge on any atom is -0.352 e. The Bertz CT molecular complexity index is 234. The van der Waals surface area contributed by atoms with E-state index in [1.807, 2.05) is 11.8 Å². The molecule has 4 heteroatoms. The standard InChI is InChI=1S/C13H24N2OS/c16-13(12-10-17-9-8-14-12)15-11-6-4-2-1-3-5-7-11/h11-12,14H,1-10H2,(H,15,16). The average Bonchev–Trinajstić information content (AvgIpc) is 2.33. The van der Waals surface area contributed by atoms with Crippen molar-refractivity contribution in [3.63, 3.8) is 0 Å². The van der Waals surface area contributed by atoms with Crippen molar-refractivity contribution in [2.75, 3.05) is 18.1 Å². The lowest BCUT2D eigenvalue weighted by Gasteiger charge is -2.26. The molecule has 3 nitrogen and oxygen atoms in total. The molecule has 1 atom stereocenters. The summed E-state index contributed by atoms with van der Waals surface area (Å²) in [5.41, 5.74) is 0. The Labute approximate surface area is 108 Å². The molecule has 1 aliphatic carbocycles. The molecule has 2 rings (SSSR count). The first kappa shape index (κ1) is 13.2. The molecule has 1 unspecified atom stereocenters. The van der Waals surface area contributed by atoms with Gasteiger partial charge in [-0.3, -0.25) is 4.79 Å². The molecule has 2 N–H and O–H groups in total. The molecule has 0 aromatic carbocycles. The maximum Gasteiger partial charge on any atom is 0.238 e. The normalized spacial score (nSPS) is 28.1. The van der Waals surface area contributed by atoms with Crippen LogP contribution in [0.15, 0.2) is 0 Å². The van der Waals surface area contributed by atoms with Gasteiger partial charge in [0, 0.05) is 24.1 Å². The highest BCUT2D eigenvalue weighted by atomic mass is 32.2. The van der Waals surface area contributed by atoms with Gasteiger partial charge in [-0.25, -0.2) is 0 Å². The van der Waals surface area contributed by atoms with Crippen LogP contribution >= 0.6 is 11.8 Å². The van der Waals surface area contributed by atoms with Crippen LogP contribution in [0.1, 0.15) is 44.9 Å². The maximum atomic E-state index is 12.1. The summed E-state index contributed by atoms with van der Waals surface area (Å²) in [4.78, 5) is 12.1. The van der Waals surface area contributed by atoms with Crippen LogP contribution in [0.4, 0.5) is 0 Å². The Morgan fingerprint density at radius 3 is 2.47 bits per heavy atom. The van der Waals surface area contributed by atoms with Crippen molar-refractivity contribution >= 4 is 17.7 Å². The summed E-state index contributed by atoms with van der Waals surface area (Å²) >= 11 is 1.88. The molecule has 2 fully saturated rings. The Balaban J connectivity index is 1.75. The van der Waals surface area contributed by atoms with Gasteiger partial charge in [0.15, 0.2) is 0 Å². The summed E-state index contributed by atoms with van der Waals surface area (Å²) in [5, 5.41) is 6.55. The van der Waals surface area contributed by atoms with E-state index in [1.165, 1.54) is 44.9 Å². The third-order valence-corrected chi connectivity index (χ3v) is 4.75. The lowest BCUT2D eigenvalue weighted by molar-refractivity contribution is -0.123. The van der Waals surface area contributed by atoms with Gasteiger partial charge >= 0.3 is 0 Å².